The minimum Gasteiger partial charge on any atom is -0.378 e. The van der Waals surface area contributed by atoms with Gasteiger partial charge in [-0.2, -0.15) is 0 Å². The maximum Gasteiger partial charge on any atom is 0.250 e. The van der Waals surface area contributed by atoms with Crippen molar-refractivity contribution in [1.82, 2.24) is 0 Å². The molecule has 1 fully saturated rings. The van der Waals surface area contributed by atoms with Gasteiger partial charge in [-0.05, 0) is 35.9 Å². The lowest BCUT2D eigenvalue weighted by molar-refractivity contribution is -0.116. The van der Waals surface area contributed by atoms with Crippen LogP contribution in [0.2, 0.25) is 0 Å². The van der Waals surface area contributed by atoms with Crippen molar-refractivity contribution in [2.24, 2.45) is 0 Å². The van der Waals surface area contributed by atoms with Crippen LogP contribution in [0.3, 0.4) is 0 Å². The summed E-state index contributed by atoms with van der Waals surface area (Å²) < 4.78 is 5.38. The molecule has 1 amide bonds. The normalized spacial score (nSPS) is 19.0. The van der Waals surface area contributed by atoms with Gasteiger partial charge in [0.15, 0.2) is 0 Å². The zero-order valence-electron chi connectivity index (χ0n) is 13.9. The molecular weight excluding hydrogens is 314 g/mol. The van der Waals surface area contributed by atoms with E-state index in [1.807, 2.05) is 60.7 Å². The van der Waals surface area contributed by atoms with Crippen molar-refractivity contribution >= 4 is 29.0 Å². The number of hydrogen-bond donors (Lipinski definition) is 2. The summed E-state index contributed by atoms with van der Waals surface area (Å²) in [6, 6.07) is 15.6. The van der Waals surface area contributed by atoms with Crippen molar-refractivity contribution in [3.05, 3.63) is 60.2 Å². The first-order valence-corrected chi connectivity index (χ1v) is 8.57. The van der Waals surface area contributed by atoms with Gasteiger partial charge in [0.05, 0.1) is 13.2 Å². The lowest BCUT2D eigenvalue weighted by Gasteiger charge is -2.29. The van der Waals surface area contributed by atoms with Crippen molar-refractivity contribution in [3.63, 3.8) is 0 Å². The Balaban J connectivity index is 1.40. The number of morpholine rings is 1. The number of rotatable bonds is 3. The van der Waals surface area contributed by atoms with Gasteiger partial charge in [0.2, 0.25) is 0 Å². The number of amides is 1. The van der Waals surface area contributed by atoms with Crippen LogP contribution in [0.4, 0.5) is 17.1 Å². The van der Waals surface area contributed by atoms with Crippen LogP contribution in [0.1, 0.15) is 5.56 Å². The summed E-state index contributed by atoms with van der Waals surface area (Å²) in [7, 11) is 0. The monoisotopic (exact) mass is 335 g/mol. The zero-order valence-corrected chi connectivity index (χ0v) is 13.9. The van der Waals surface area contributed by atoms with Gasteiger partial charge in [-0.15, -0.1) is 0 Å². The third kappa shape index (κ3) is 3.51. The highest BCUT2D eigenvalue weighted by Crippen LogP contribution is 2.23. The molecule has 2 aromatic carbocycles. The average Bonchev–Trinajstić information content (AvgIpc) is 2.69. The molecule has 4 rings (SSSR count). The molecule has 5 heteroatoms. The Morgan fingerprint density at radius 1 is 1.08 bits per heavy atom. The Labute approximate surface area is 147 Å². The van der Waals surface area contributed by atoms with Crippen LogP contribution in [-0.4, -0.2) is 38.3 Å². The van der Waals surface area contributed by atoms with Crippen LogP contribution in [0.5, 0.6) is 0 Å². The molecule has 0 saturated carbocycles. The van der Waals surface area contributed by atoms with Crippen molar-refractivity contribution in [3.8, 4) is 0 Å². The van der Waals surface area contributed by atoms with Gasteiger partial charge in [-0.1, -0.05) is 30.4 Å². The molecule has 0 spiro atoms. The van der Waals surface area contributed by atoms with Crippen molar-refractivity contribution < 1.29 is 9.53 Å². The number of para-hydroxylation sites is 1. The van der Waals surface area contributed by atoms with E-state index in [9.17, 15) is 4.79 Å². The van der Waals surface area contributed by atoms with Gasteiger partial charge < -0.3 is 20.3 Å². The highest BCUT2D eigenvalue weighted by molar-refractivity contribution is 6.00. The van der Waals surface area contributed by atoms with E-state index in [1.54, 1.807) is 0 Å². The number of fused-ring (bicyclic) bond motifs is 1. The zero-order chi connectivity index (χ0) is 17.1. The van der Waals surface area contributed by atoms with Gasteiger partial charge >= 0.3 is 0 Å². The quantitative estimate of drug-likeness (QED) is 0.905. The van der Waals surface area contributed by atoms with E-state index >= 15 is 0 Å². The molecule has 2 aliphatic heterocycles. The summed E-state index contributed by atoms with van der Waals surface area (Å²) in [5, 5.41) is 6.24. The molecule has 2 aromatic rings. The van der Waals surface area contributed by atoms with Crippen LogP contribution < -0.4 is 15.5 Å². The van der Waals surface area contributed by atoms with Crippen LogP contribution in [0, 0.1) is 0 Å². The largest absolute Gasteiger partial charge is 0.378 e. The molecule has 25 heavy (non-hydrogen) atoms. The van der Waals surface area contributed by atoms with Crippen molar-refractivity contribution in [2.75, 3.05) is 41.8 Å². The minimum atomic E-state index is -0.367. The fourth-order valence-electron chi connectivity index (χ4n) is 3.14. The molecule has 1 saturated heterocycles. The first-order valence-electron chi connectivity index (χ1n) is 8.57. The first kappa shape index (κ1) is 15.7. The number of benzene rings is 2. The summed E-state index contributed by atoms with van der Waals surface area (Å²) >= 11 is 0. The first-order chi connectivity index (χ1) is 12.3. The molecule has 0 aromatic heterocycles. The number of anilines is 3. The summed E-state index contributed by atoms with van der Waals surface area (Å²) in [6.45, 7) is 3.34. The molecule has 0 bridgehead atoms. The summed E-state index contributed by atoms with van der Waals surface area (Å²) in [6.07, 6.45) is 3.87. The number of carbonyl (C=O) groups excluding carboxylic acids is 1. The second-order valence-corrected chi connectivity index (χ2v) is 6.20. The van der Waals surface area contributed by atoms with E-state index in [1.165, 1.54) is 0 Å². The molecule has 2 aliphatic rings. The Hall–Kier alpha value is -2.79. The number of hydrogen-bond acceptors (Lipinski definition) is 4. The summed E-state index contributed by atoms with van der Waals surface area (Å²) in [5.74, 6) is -0.0649. The molecule has 128 valence electrons. The van der Waals surface area contributed by atoms with E-state index in [-0.39, 0.29) is 11.9 Å². The van der Waals surface area contributed by atoms with Crippen molar-refractivity contribution in [1.29, 1.82) is 0 Å². The van der Waals surface area contributed by atoms with Crippen LogP contribution in [-0.2, 0) is 9.53 Å². The van der Waals surface area contributed by atoms with E-state index < -0.39 is 0 Å². The van der Waals surface area contributed by atoms with E-state index in [4.69, 9.17) is 4.74 Å². The molecule has 1 unspecified atom stereocenters. The van der Waals surface area contributed by atoms with Gasteiger partial charge in [0.25, 0.3) is 5.91 Å². The minimum absolute atomic E-state index is 0.0649. The third-order valence-corrected chi connectivity index (χ3v) is 4.53. The maximum absolute atomic E-state index is 12.5. The Bertz CT molecular complexity index is 780. The van der Waals surface area contributed by atoms with Gasteiger partial charge in [-0.25, -0.2) is 0 Å². The molecule has 2 heterocycles. The average molecular weight is 335 g/mol. The lowest BCUT2D eigenvalue weighted by Crippen LogP contribution is -2.36. The number of nitrogens with one attached hydrogen (secondary N) is 2. The van der Waals surface area contributed by atoms with E-state index in [2.05, 4.69) is 15.5 Å². The second kappa shape index (κ2) is 6.99. The van der Waals surface area contributed by atoms with E-state index in [0.717, 1.165) is 48.9 Å². The van der Waals surface area contributed by atoms with E-state index in [0.29, 0.717) is 0 Å². The Morgan fingerprint density at radius 3 is 2.64 bits per heavy atom. The Morgan fingerprint density at radius 2 is 1.84 bits per heavy atom. The van der Waals surface area contributed by atoms with Crippen molar-refractivity contribution in [2.45, 2.75) is 6.04 Å². The van der Waals surface area contributed by atoms with Gasteiger partial charge in [-0.3, -0.25) is 4.79 Å². The second-order valence-electron chi connectivity index (χ2n) is 6.20. The number of carbonyl (C=O) groups is 1. The van der Waals surface area contributed by atoms with Crippen LogP contribution in [0.25, 0.3) is 6.08 Å². The van der Waals surface area contributed by atoms with Gasteiger partial charge in [0.1, 0.15) is 6.04 Å². The lowest BCUT2D eigenvalue weighted by atomic mass is 10.1. The Kier molecular flexibility index (Phi) is 4.39. The molecular formula is C20H21N3O2. The fourth-order valence-corrected chi connectivity index (χ4v) is 3.14. The molecule has 1 atom stereocenters. The molecule has 0 aliphatic carbocycles. The SMILES string of the molecule is O=C(Nc1ccc(N2CCOCC2)cc1)C1C=Cc2ccccc2N1. The smallest absolute Gasteiger partial charge is 0.250 e. The molecule has 5 nitrogen and oxygen atoms in total. The van der Waals surface area contributed by atoms with Gasteiger partial charge in [0, 0.05) is 30.2 Å². The predicted octanol–water partition coefficient (Wildman–Crippen LogP) is 2.97. The number of nitrogens with zero attached hydrogens (tertiary/aromatic N) is 1. The van der Waals surface area contributed by atoms with Crippen LogP contribution in [0.15, 0.2) is 54.6 Å². The number of ether oxygens (including phenoxy) is 1. The highest BCUT2D eigenvalue weighted by atomic mass is 16.5. The standard InChI is InChI=1S/C20H21N3O2/c24-20(19-10-5-15-3-1-2-4-18(15)22-19)21-16-6-8-17(9-7-16)23-11-13-25-14-12-23/h1-10,19,22H,11-14H2,(H,21,24). The predicted molar refractivity (Wildman–Crippen MR) is 101 cm³/mol. The fraction of sp³-hybridized carbons (Fsp3) is 0.250. The molecule has 2 N–H and O–H groups in total. The third-order valence-electron chi connectivity index (χ3n) is 4.53. The highest BCUT2D eigenvalue weighted by Gasteiger charge is 2.19. The summed E-state index contributed by atoms with van der Waals surface area (Å²) in [4.78, 5) is 14.8. The summed E-state index contributed by atoms with van der Waals surface area (Å²) in [5.41, 5.74) is 4.04. The maximum atomic E-state index is 12.5. The van der Waals surface area contributed by atoms with Crippen LogP contribution >= 0.6 is 0 Å². The molecule has 0 radical (unpaired) electrons. The topological polar surface area (TPSA) is 53.6 Å².